The van der Waals surface area contributed by atoms with E-state index in [4.69, 9.17) is 15.6 Å². The number of nitrogen functional groups attached to an aromatic ring is 1. The van der Waals surface area contributed by atoms with E-state index < -0.39 is 17.7 Å². The first-order chi connectivity index (χ1) is 16.7. The maximum atomic E-state index is 14.8. The SMILES string of the molecule is C[C@@H]1CN(c2nc(-c3ccc(F)cc3F)c3sc(N(C)C)nc3n2)C[C@H](c2ccc(=O)n(N)c2)O1. The topological polar surface area (TPSA) is 102 Å². The Morgan fingerprint density at radius 2 is 1.94 bits per heavy atom. The van der Waals surface area contributed by atoms with Crippen molar-refractivity contribution in [2.45, 2.75) is 19.1 Å². The normalized spacial score (nSPS) is 18.3. The average Bonchev–Trinajstić information content (AvgIpc) is 3.25. The van der Waals surface area contributed by atoms with E-state index in [1.807, 2.05) is 30.8 Å². The number of fused-ring (bicyclic) bond motifs is 1. The summed E-state index contributed by atoms with van der Waals surface area (Å²) in [7, 11) is 3.71. The summed E-state index contributed by atoms with van der Waals surface area (Å²) in [5, 5.41) is 0.689. The van der Waals surface area contributed by atoms with Crippen LogP contribution in [0.25, 0.3) is 21.6 Å². The molecule has 1 saturated heterocycles. The van der Waals surface area contributed by atoms with Gasteiger partial charge >= 0.3 is 0 Å². The summed E-state index contributed by atoms with van der Waals surface area (Å²) in [6.45, 7) is 2.79. The Labute approximate surface area is 203 Å². The van der Waals surface area contributed by atoms with Crippen LogP contribution in [0.5, 0.6) is 0 Å². The van der Waals surface area contributed by atoms with E-state index in [1.54, 1.807) is 6.07 Å². The van der Waals surface area contributed by atoms with E-state index in [-0.39, 0.29) is 17.2 Å². The van der Waals surface area contributed by atoms with Crippen molar-refractivity contribution in [1.82, 2.24) is 19.6 Å². The standard InChI is InChI=1S/C23H23F2N7O2S/c1-12-9-31(11-17(34-12)13-4-7-18(33)32(26)10-13)22-27-19(15-6-5-14(24)8-16(15)25)20-21(28-22)29-23(35-20)30(2)3/h4-8,10,12,17H,9,11,26H2,1-3H3/t12-,17-/m1/s1. The number of halogens is 2. The lowest BCUT2D eigenvalue weighted by Gasteiger charge is -2.37. The zero-order valence-electron chi connectivity index (χ0n) is 19.3. The molecule has 182 valence electrons. The van der Waals surface area contributed by atoms with Crippen LogP contribution >= 0.6 is 11.3 Å². The summed E-state index contributed by atoms with van der Waals surface area (Å²) in [5.41, 5.74) is 1.35. The number of nitrogens with two attached hydrogens (primary N) is 1. The fraction of sp³-hybridized carbons (Fsp3) is 0.304. The van der Waals surface area contributed by atoms with Gasteiger partial charge in [0.2, 0.25) is 5.95 Å². The molecular weight excluding hydrogens is 476 g/mol. The average molecular weight is 500 g/mol. The molecule has 1 aromatic carbocycles. The van der Waals surface area contributed by atoms with Crippen molar-refractivity contribution in [2.75, 3.05) is 42.8 Å². The zero-order valence-corrected chi connectivity index (χ0v) is 20.1. The van der Waals surface area contributed by atoms with Crippen molar-refractivity contribution in [1.29, 1.82) is 0 Å². The molecule has 0 radical (unpaired) electrons. The molecule has 0 bridgehead atoms. The smallest absolute Gasteiger partial charge is 0.268 e. The molecule has 0 saturated carbocycles. The van der Waals surface area contributed by atoms with Gasteiger partial charge in [-0.25, -0.2) is 18.4 Å². The van der Waals surface area contributed by atoms with Gasteiger partial charge in [0.1, 0.15) is 22.4 Å². The molecule has 1 aliphatic rings. The summed E-state index contributed by atoms with van der Waals surface area (Å²) in [4.78, 5) is 29.5. The van der Waals surface area contributed by atoms with E-state index in [9.17, 15) is 13.6 Å². The van der Waals surface area contributed by atoms with E-state index in [1.165, 1.54) is 35.7 Å². The maximum Gasteiger partial charge on any atom is 0.268 e. The van der Waals surface area contributed by atoms with E-state index in [0.29, 0.717) is 40.2 Å². The molecule has 2 atom stereocenters. The molecule has 2 N–H and O–H groups in total. The number of ether oxygens (including phenoxy) is 1. The molecule has 0 unspecified atom stereocenters. The van der Waals surface area contributed by atoms with Gasteiger partial charge in [-0.1, -0.05) is 11.3 Å². The van der Waals surface area contributed by atoms with Gasteiger partial charge < -0.3 is 20.4 Å². The molecule has 0 amide bonds. The second-order valence-corrected chi connectivity index (χ2v) is 9.57. The molecule has 35 heavy (non-hydrogen) atoms. The predicted octanol–water partition coefficient (Wildman–Crippen LogP) is 2.94. The van der Waals surface area contributed by atoms with Crippen molar-refractivity contribution in [3.8, 4) is 11.3 Å². The molecule has 0 aliphatic carbocycles. The van der Waals surface area contributed by atoms with Gasteiger partial charge in [-0.3, -0.25) is 4.79 Å². The summed E-state index contributed by atoms with van der Waals surface area (Å²) < 4.78 is 36.2. The number of pyridine rings is 1. The van der Waals surface area contributed by atoms with Crippen LogP contribution < -0.4 is 21.2 Å². The number of morpholine rings is 1. The van der Waals surface area contributed by atoms with Gasteiger partial charge in [-0.05, 0) is 25.1 Å². The Morgan fingerprint density at radius 1 is 1.14 bits per heavy atom. The van der Waals surface area contributed by atoms with E-state index >= 15 is 0 Å². The summed E-state index contributed by atoms with van der Waals surface area (Å²) >= 11 is 1.34. The molecular formula is C23H23F2N7O2S. The lowest BCUT2D eigenvalue weighted by Crippen LogP contribution is -2.44. The highest BCUT2D eigenvalue weighted by Gasteiger charge is 2.30. The highest BCUT2D eigenvalue weighted by molar-refractivity contribution is 7.22. The Kier molecular flexibility index (Phi) is 5.85. The summed E-state index contributed by atoms with van der Waals surface area (Å²) in [6.07, 6.45) is 0.952. The Morgan fingerprint density at radius 3 is 2.66 bits per heavy atom. The molecule has 1 fully saturated rings. The number of thiazole rings is 1. The quantitative estimate of drug-likeness (QED) is 0.428. The molecule has 3 aromatic heterocycles. The van der Waals surface area contributed by atoms with E-state index in [0.717, 1.165) is 16.3 Å². The van der Waals surface area contributed by atoms with Crippen LogP contribution in [0.3, 0.4) is 0 Å². The minimum absolute atomic E-state index is 0.169. The second-order valence-electron chi connectivity index (χ2n) is 8.59. The molecule has 4 aromatic rings. The number of hydrogen-bond acceptors (Lipinski definition) is 9. The van der Waals surface area contributed by atoms with Gasteiger partial charge in [-0.2, -0.15) is 9.97 Å². The number of hydrogen-bond donors (Lipinski definition) is 1. The summed E-state index contributed by atoms with van der Waals surface area (Å²) in [5.74, 6) is 4.72. The number of anilines is 2. The fourth-order valence-corrected chi connectivity index (χ4v) is 4.94. The van der Waals surface area contributed by atoms with Gasteiger partial charge in [0.25, 0.3) is 5.56 Å². The van der Waals surface area contributed by atoms with Gasteiger partial charge in [-0.15, -0.1) is 0 Å². The second kappa shape index (κ2) is 8.86. The van der Waals surface area contributed by atoms with E-state index in [2.05, 4.69) is 9.97 Å². The third kappa shape index (κ3) is 4.42. The van der Waals surface area contributed by atoms with Crippen molar-refractivity contribution in [2.24, 2.45) is 0 Å². The first kappa shape index (κ1) is 23.1. The first-order valence-electron chi connectivity index (χ1n) is 10.9. The molecule has 5 rings (SSSR count). The highest BCUT2D eigenvalue weighted by Crippen LogP contribution is 2.37. The van der Waals surface area contributed by atoms with Crippen LogP contribution in [-0.2, 0) is 4.74 Å². The largest absolute Gasteiger partial charge is 0.367 e. The summed E-state index contributed by atoms with van der Waals surface area (Å²) in [6, 6.07) is 6.48. The first-order valence-corrected chi connectivity index (χ1v) is 11.7. The van der Waals surface area contributed by atoms with Crippen LogP contribution in [0.15, 0.2) is 41.3 Å². The van der Waals surface area contributed by atoms with Crippen LogP contribution in [0.2, 0.25) is 0 Å². The zero-order chi connectivity index (χ0) is 24.9. The minimum atomic E-state index is -0.714. The molecule has 9 nitrogen and oxygen atoms in total. The number of aromatic nitrogens is 4. The van der Waals surface area contributed by atoms with Gasteiger partial charge in [0.05, 0.1) is 18.3 Å². The van der Waals surface area contributed by atoms with Gasteiger partial charge in [0, 0.05) is 50.1 Å². The Hall–Kier alpha value is -3.64. The molecule has 4 heterocycles. The Balaban J connectivity index is 1.61. The van der Waals surface area contributed by atoms with Crippen molar-refractivity contribution in [3.63, 3.8) is 0 Å². The van der Waals surface area contributed by atoms with Crippen molar-refractivity contribution < 1.29 is 13.5 Å². The van der Waals surface area contributed by atoms with Crippen LogP contribution in [0, 0.1) is 11.6 Å². The van der Waals surface area contributed by atoms with Crippen molar-refractivity contribution in [3.05, 3.63) is 64.1 Å². The molecule has 12 heteroatoms. The lowest BCUT2D eigenvalue weighted by molar-refractivity contribution is -0.0181. The number of nitrogens with zero attached hydrogens (tertiary/aromatic N) is 6. The molecule has 1 aliphatic heterocycles. The Bertz CT molecular complexity index is 1470. The van der Waals surface area contributed by atoms with Gasteiger partial charge in [0.15, 0.2) is 10.8 Å². The van der Waals surface area contributed by atoms with Crippen LogP contribution in [-0.4, -0.2) is 52.9 Å². The lowest BCUT2D eigenvalue weighted by atomic mass is 10.1. The maximum absolute atomic E-state index is 14.8. The third-order valence-corrected chi connectivity index (χ3v) is 6.89. The highest BCUT2D eigenvalue weighted by atomic mass is 32.1. The third-order valence-electron chi connectivity index (χ3n) is 5.68. The molecule has 0 spiro atoms. The minimum Gasteiger partial charge on any atom is -0.367 e. The fourth-order valence-electron chi connectivity index (χ4n) is 4.01. The van der Waals surface area contributed by atoms with Crippen LogP contribution in [0.4, 0.5) is 19.9 Å². The number of rotatable bonds is 4. The number of benzene rings is 1. The predicted molar refractivity (Wildman–Crippen MR) is 131 cm³/mol. The monoisotopic (exact) mass is 499 g/mol. The van der Waals surface area contributed by atoms with Crippen molar-refractivity contribution >= 4 is 32.8 Å². The van der Waals surface area contributed by atoms with Crippen LogP contribution in [0.1, 0.15) is 18.6 Å².